The molecule has 0 aliphatic carbocycles. The van der Waals surface area contributed by atoms with Crippen LogP contribution in [0.3, 0.4) is 0 Å². The van der Waals surface area contributed by atoms with Gasteiger partial charge in [0.2, 0.25) is 5.91 Å². The molecule has 0 saturated carbocycles. The minimum Gasteiger partial charge on any atom is -0.480 e. The number of aliphatic carboxylic acids is 1. The van der Waals surface area contributed by atoms with Crippen molar-refractivity contribution in [2.45, 2.75) is 37.5 Å². The van der Waals surface area contributed by atoms with Crippen LogP contribution in [0.4, 0.5) is 0 Å². The van der Waals surface area contributed by atoms with Crippen molar-refractivity contribution in [3.63, 3.8) is 0 Å². The Kier molecular flexibility index (Phi) is 4.94. The highest BCUT2D eigenvalue weighted by atomic mass is 16.5. The Morgan fingerprint density at radius 2 is 2.29 bits per heavy atom. The predicted molar refractivity (Wildman–Crippen MR) is 60.0 cm³/mol. The molecule has 0 aromatic heterocycles. The Morgan fingerprint density at radius 1 is 1.59 bits per heavy atom. The van der Waals surface area contributed by atoms with Crippen LogP contribution in [0.2, 0.25) is 0 Å². The molecule has 1 saturated heterocycles. The lowest BCUT2D eigenvalue weighted by atomic mass is 10.1. The van der Waals surface area contributed by atoms with Gasteiger partial charge in [-0.05, 0) is 12.8 Å². The van der Waals surface area contributed by atoms with E-state index in [1.165, 1.54) is 0 Å². The number of ether oxygens (including phenoxy) is 1. The summed E-state index contributed by atoms with van der Waals surface area (Å²) in [6, 6.07) is -1.06. The molecule has 6 heteroatoms. The molecule has 0 aromatic carbocycles. The van der Waals surface area contributed by atoms with Crippen LogP contribution in [0.1, 0.15) is 19.3 Å². The molecule has 1 rings (SSSR count). The van der Waals surface area contributed by atoms with Crippen LogP contribution in [-0.2, 0) is 14.3 Å². The maximum Gasteiger partial charge on any atom is 0.327 e. The van der Waals surface area contributed by atoms with Gasteiger partial charge >= 0.3 is 5.97 Å². The van der Waals surface area contributed by atoms with Gasteiger partial charge in [-0.1, -0.05) is 0 Å². The average molecular weight is 240 g/mol. The third kappa shape index (κ3) is 3.73. The lowest BCUT2D eigenvalue weighted by Gasteiger charge is -2.16. The van der Waals surface area contributed by atoms with E-state index in [-0.39, 0.29) is 12.5 Å². The van der Waals surface area contributed by atoms with E-state index in [4.69, 9.17) is 22.0 Å². The Hall–Kier alpha value is -1.58. The zero-order valence-electron chi connectivity index (χ0n) is 9.39. The first kappa shape index (κ1) is 13.5. The van der Waals surface area contributed by atoms with Gasteiger partial charge < -0.3 is 20.9 Å². The van der Waals surface area contributed by atoms with E-state index in [9.17, 15) is 9.59 Å². The van der Waals surface area contributed by atoms with Crippen molar-refractivity contribution in [2.75, 3.05) is 6.54 Å². The third-order valence-electron chi connectivity index (χ3n) is 2.60. The Morgan fingerprint density at radius 3 is 2.76 bits per heavy atom. The summed E-state index contributed by atoms with van der Waals surface area (Å²) in [5.41, 5.74) is 5.42. The van der Waals surface area contributed by atoms with Crippen molar-refractivity contribution in [3.8, 4) is 12.3 Å². The molecule has 1 heterocycles. The van der Waals surface area contributed by atoms with Crippen LogP contribution >= 0.6 is 0 Å². The minimum atomic E-state index is -1.15. The molecule has 3 unspecified atom stereocenters. The first-order valence-corrected chi connectivity index (χ1v) is 5.40. The zero-order valence-corrected chi connectivity index (χ0v) is 9.39. The van der Waals surface area contributed by atoms with Crippen LogP contribution in [0.15, 0.2) is 0 Å². The molecule has 17 heavy (non-hydrogen) atoms. The van der Waals surface area contributed by atoms with E-state index < -0.39 is 24.0 Å². The van der Waals surface area contributed by atoms with Crippen LogP contribution < -0.4 is 11.1 Å². The minimum absolute atomic E-state index is 0.0475. The predicted octanol–water partition coefficient (Wildman–Crippen LogP) is -0.915. The fourth-order valence-electron chi connectivity index (χ4n) is 1.65. The summed E-state index contributed by atoms with van der Waals surface area (Å²) in [6.45, 7) is 0.358. The highest BCUT2D eigenvalue weighted by Crippen LogP contribution is 2.19. The van der Waals surface area contributed by atoms with Gasteiger partial charge in [0.1, 0.15) is 12.1 Å². The van der Waals surface area contributed by atoms with E-state index in [1.54, 1.807) is 0 Å². The van der Waals surface area contributed by atoms with Crippen molar-refractivity contribution < 1.29 is 19.4 Å². The fraction of sp³-hybridized carbons (Fsp3) is 0.636. The summed E-state index contributed by atoms with van der Waals surface area (Å²) >= 11 is 0. The number of rotatable bonds is 5. The second-order valence-corrected chi connectivity index (χ2v) is 3.87. The number of carboxylic acid groups (broad SMARTS) is 1. The number of carboxylic acids is 1. The monoisotopic (exact) mass is 240 g/mol. The SMILES string of the molecule is C#CCC(NC(=O)C1CCC(CN)O1)C(=O)O. The smallest absolute Gasteiger partial charge is 0.327 e. The van der Waals surface area contributed by atoms with Gasteiger partial charge in [-0.25, -0.2) is 4.79 Å². The average Bonchev–Trinajstić information content (AvgIpc) is 2.76. The van der Waals surface area contributed by atoms with Gasteiger partial charge in [0.25, 0.3) is 0 Å². The fourth-order valence-corrected chi connectivity index (χ4v) is 1.65. The van der Waals surface area contributed by atoms with E-state index in [0.717, 1.165) is 0 Å². The zero-order chi connectivity index (χ0) is 12.8. The van der Waals surface area contributed by atoms with Crippen LogP contribution in [-0.4, -0.2) is 41.8 Å². The van der Waals surface area contributed by atoms with Gasteiger partial charge in [0.15, 0.2) is 0 Å². The van der Waals surface area contributed by atoms with E-state index in [1.807, 2.05) is 0 Å². The third-order valence-corrected chi connectivity index (χ3v) is 2.60. The number of hydrogen-bond donors (Lipinski definition) is 3. The molecular formula is C11H16N2O4. The highest BCUT2D eigenvalue weighted by Gasteiger charge is 2.31. The molecule has 0 radical (unpaired) electrons. The first-order chi connectivity index (χ1) is 8.08. The summed E-state index contributed by atoms with van der Waals surface area (Å²) in [5.74, 6) is 0.619. The second kappa shape index (κ2) is 6.23. The topological polar surface area (TPSA) is 102 Å². The first-order valence-electron chi connectivity index (χ1n) is 5.40. The van der Waals surface area contributed by atoms with Gasteiger partial charge in [-0.2, -0.15) is 0 Å². The van der Waals surface area contributed by atoms with E-state index >= 15 is 0 Å². The number of carbonyl (C=O) groups excluding carboxylic acids is 1. The molecule has 1 aliphatic rings. The number of terminal acetylenes is 1. The summed E-state index contributed by atoms with van der Waals surface area (Å²) in [7, 11) is 0. The Balaban J connectivity index is 2.48. The number of nitrogens with two attached hydrogens (primary N) is 1. The summed E-state index contributed by atoms with van der Waals surface area (Å²) in [5, 5.41) is 11.2. The van der Waals surface area contributed by atoms with Crippen LogP contribution in [0, 0.1) is 12.3 Å². The van der Waals surface area contributed by atoms with Crippen molar-refractivity contribution in [2.24, 2.45) is 5.73 Å². The molecule has 3 atom stereocenters. The summed E-state index contributed by atoms with van der Waals surface area (Å²) < 4.78 is 5.35. The Bertz CT molecular complexity index is 337. The van der Waals surface area contributed by atoms with E-state index in [2.05, 4.69) is 11.2 Å². The lowest BCUT2D eigenvalue weighted by molar-refractivity contribution is -0.143. The van der Waals surface area contributed by atoms with Crippen LogP contribution in [0.5, 0.6) is 0 Å². The van der Waals surface area contributed by atoms with Gasteiger partial charge in [-0.15, -0.1) is 12.3 Å². The lowest BCUT2D eigenvalue weighted by Crippen LogP contribution is -2.45. The maximum atomic E-state index is 11.7. The highest BCUT2D eigenvalue weighted by molar-refractivity contribution is 5.86. The van der Waals surface area contributed by atoms with Gasteiger partial charge in [0.05, 0.1) is 6.10 Å². The molecule has 0 bridgehead atoms. The van der Waals surface area contributed by atoms with E-state index in [0.29, 0.717) is 19.4 Å². The van der Waals surface area contributed by atoms with Crippen LogP contribution in [0.25, 0.3) is 0 Å². The number of hydrogen-bond acceptors (Lipinski definition) is 4. The van der Waals surface area contributed by atoms with Crippen molar-refractivity contribution in [3.05, 3.63) is 0 Å². The van der Waals surface area contributed by atoms with Crippen molar-refractivity contribution in [1.82, 2.24) is 5.32 Å². The summed E-state index contributed by atoms with van der Waals surface area (Å²) in [6.07, 6.45) is 5.50. The van der Waals surface area contributed by atoms with Crippen molar-refractivity contribution >= 4 is 11.9 Å². The molecule has 0 spiro atoms. The molecule has 1 amide bonds. The summed E-state index contributed by atoms with van der Waals surface area (Å²) in [4.78, 5) is 22.5. The molecule has 6 nitrogen and oxygen atoms in total. The maximum absolute atomic E-state index is 11.7. The second-order valence-electron chi connectivity index (χ2n) is 3.87. The quantitative estimate of drug-likeness (QED) is 0.540. The molecule has 0 aromatic rings. The van der Waals surface area contributed by atoms with Gasteiger partial charge in [-0.3, -0.25) is 4.79 Å². The number of amides is 1. The number of nitrogens with one attached hydrogen (secondary N) is 1. The standard InChI is InChI=1S/C11H16N2O4/c1-2-3-8(11(15)16)13-10(14)9-5-4-7(6-12)17-9/h1,7-9H,3-6,12H2,(H,13,14)(H,15,16). The molecule has 4 N–H and O–H groups in total. The van der Waals surface area contributed by atoms with Crippen molar-refractivity contribution in [1.29, 1.82) is 0 Å². The largest absolute Gasteiger partial charge is 0.480 e. The molecular weight excluding hydrogens is 224 g/mol. The molecule has 94 valence electrons. The number of carbonyl (C=O) groups is 2. The van der Waals surface area contributed by atoms with Gasteiger partial charge in [0, 0.05) is 13.0 Å². The Labute approximate surface area is 99.5 Å². The normalized spacial score (nSPS) is 24.9. The molecule has 1 aliphatic heterocycles. The molecule has 1 fully saturated rings.